The minimum Gasteiger partial charge on any atom is -0.302 e. The quantitative estimate of drug-likeness (QED) is 0.641. The third-order valence-corrected chi connectivity index (χ3v) is 3.95. The normalized spacial score (nSPS) is 13.8. The highest BCUT2D eigenvalue weighted by molar-refractivity contribution is 7.86. The van der Waals surface area contributed by atoms with E-state index in [0.717, 1.165) is 6.07 Å². The third-order valence-electron chi connectivity index (χ3n) is 2.31. The summed E-state index contributed by atoms with van der Waals surface area (Å²) in [7, 11) is -4.35. The fraction of sp³-hybridized carbons (Fsp3) is 0. The Morgan fingerprint density at radius 1 is 1.00 bits per heavy atom. The molecular weight excluding hydrogens is 264 g/mol. The summed E-state index contributed by atoms with van der Waals surface area (Å²) in [6, 6.07) is 8.51. The summed E-state index contributed by atoms with van der Waals surface area (Å²) in [6.45, 7) is 0. The van der Waals surface area contributed by atoms with E-state index in [2.05, 4.69) is 0 Å². The van der Waals surface area contributed by atoms with Gasteiger partial charge in [-0.1, -0.05) is 24.3 Å². The van der Waals surface area contributed by atoms with Crippen LogP contribution in [0.1, 0.15) is 0 Å². The van der Waals surface area contributed by atoms with Crippen molar-refractivity contribution in [2.24, 2.45) is 0 Å². The topological polar surface area (TPSA) is 91.7 Å². The maximum absolute atomic E-state index is 11.1. The van der Waals surface area contributed by atoms with E-state index in [9.17, 15) is 12.6 Å². The summed E-state index contributed by atoms with van der Waals surface area (Å²) in [5.41, 5.74) is 0. The van der Waals surface area contributed by atoms with Gasteiger partial charge >= 0.3 is 0 Å². The molecule has 1 unspecified atom stereocenters. The molecular formula is C10H8O5S2. The molecule has 2 N–H and O–H groups in total. The van der Waals surface area contributed by atoms with Crippen molar-refractivity contribution >= 4 is 32.0 Å². The Balaban J connectivity index is 2.95. The second-order valence-corrected chi connectivity index (χ2v) is 5.66. The molecule has 17 heavy (non-hydrogen) atoms. The molecule has 0 bridgehead atoms. The number of hydrogen-bond acceptors (Lipinski definition) is 3. The van der Waals surface area contributed by atoms with Crippen molar-refractivity contribution in [1.82, 2.24) is 0 Å². The zero-order valence-corrected chi connectivity index (χ0v) is 10.0. The number of benzene rings is 2. The monoisotopic (exact) mass is 272 g/mol. The van der Waals surface area contributed by atoms with E-state index >= 15 is 0 Å². The van der Waals surface area contributed by atoms with Crippen LogP contribution >= 0.6 is 0 Å². The molecule has 0 aliphatic heterocycles. The van der Waals surface area contributed by atoms with Gasteiger partial charge in [-0.25, -0.2) is 4.21 Å². The van der Waals surface area contributed by atoms with E-state index in [1.807, 2.05) is 0 Å². The third kappa shape index (κ3) is 2.22. The molecule has 2 aromatic rings. The largest absolute Gasteiger partial charge is 0.302 e. The van der Waals surface area contributed by atoms with Crippen LogP contribution in [0.25, 0.3) is 10.8 Å². The van der Waals surface area contributed by atoms with E-state index in [4.69, 9.17) is 9.11 Å². The van der Waals surface area contributed by atoms with Crippen LogP contribution in [0.5, 0.6) is 0 Å². The first-order valence-corrected chi connectivity index (χ1v) is 7.06. The molecule has 0 amide bonds. The van der Waals surface area contributed by atoms with Crippen molar-refractivity contribution in [3.05, 3.63) is 36.4 Å². The SMILES string of the molecule is O=S(O)c1ccc(S(=O)(=O)O)c2ccccc12. The molecule has 90 valence electrons. The number of rotatable bonds is 2. The van der Waals surface area contributed by atoms with E-state index in [0.29, 0.717) is 5.39 Å². The highest BCUT2D eigenvalue weighted by Gasteiger charge is 2.16. The number of fused-ring (bicyclic) bond motifs is 1. The molecule has 0 aliphatic rings. The zero-order chi connectivity index (χ0) is 12.6. The molecule has 2 rings (SSSR count). The van der Waals surface area contributed by atoms with E-state index in [1.165, 1.54) is 18.2 Å². The summed E-state index contributed by atoms with van der Waals surface area (Å²) in [4.78, 5) is -0.171. The highest BCUT2D eigenvalue weighted by Crippen LogP contribution is 2.27. The first-order valence-electron chi connectivity index (χ1n) is 4.51. The van der Waals surface area contributed by atoms with Crippen LogP contribution in [0.4, 0.5) is 0 Å². The molecule has 0 aromatic heterocycles. The molecule has 0 spiro atoms. The minimum absolute atomic E-state index is 0.105. The standard InChI is InChI=1S/C10H8O5S2/c11-16(12)9-5-6-10(17(13,14)15)8-4-2-1-3-7(8)9/h1-6H,(H,11,12)(H,13,14,15). The van der Waals surface area contributed by atoms with Crippen LogP contribution < -0.4 is 0 Å². The Morgan fingerprint density at radius 2 is 1.59 bits per heavy atom. The molecule has 7 heteroatoms. The van der Waals surface area contributed by atoms with Crippen LogP contribution in [0.2, 0.25) is 0 Å². The Morgan fingerprint density at radius 3 is 2.12 bits per heavy atom. The summed E-state index contributed by atoms with van der Waals surface area (Å²) in [5.74, 6) is 0. The van der Waals surface area contributed by atoms with Crippen molar-refractivity contribution in [3.8, 4) is 0 Å². The van der Waals surface area contributed by atoms with E-state index in [1.54, 1.807) is 12.1 Å². The smallest absolute Gasteiger partial charge is 0.295 e. The molecule has 0 heterocycles. The van der Waals surface area contributed by atoms with Crippen LogP contribution in [0, 0.1) is 0 Å². The molecule has 0 radical (unpaired) electrons. The van der Waals surface area contributed by atoms with Gasteiger partial charge in [-0.2, -0.15) is 8.42 Å². The average Bonchev–Trinajstić information content (AvgIpc) is 2.26. The maximum atomic E-state index is 11.1. The summed E-state index contributed by atoms with van der Waals surface area (Å²) in [5, 5.41) is 0.540. The zero-order valence-electron chi connectivity index (χ0n) is 8.40. The van der Waals surface area contributed by atoms with E-state index < -0.39 is 21.2 Å². The van der Waals surface area contributed by atoms with Crippen molar-refractivity contribution in [2.45, 2.75) is 9.79 Å². The van der Waals surface area contributed by atoms with Crippen LogP contribution in [-0.4, -0.2) is 21.7 Å². The van der Waals surface area contributed by atoms with Crippen molar-refractivity contribution in [2.75, 3.05) is 0 Å². The summed E-state index contributed by atoms with van der Waals surface area (Å²) >= 11 is -2.22. The Kier molecular flexibility index (Phi) is 3.00. The van der Waals surface area contributed by atoms with Gasteiger partial charge in [0.2, 0.25) is 0 Å². The average molecular weight is 272 g/mol. The highest BCUT2D eigenvalue weighted by atomic mass is 32.2. The van der Waals surface area contributed by atoms with Gasteiger partial charge in [0.15, 0.2) is 11.1 Å². The van der Waals surface area contributed by atoms with E-state index in [-0.39, 0.29) is 15.2 Å². The second-order valence-electron chi connectivity index (χ2n) is 3.33. The van der Waals surface area contributed by atoms with Gasteiger partial charge in [0.25, 0.3) is 10.1 Å². The van der Waals surface area contributed by atoms with Gasteiger partial charge < -0.3 is 4.55 Å². The van der Waals surface area contributed by atoms with Gasteiger partial charge in [0.05, 0.1) is 4.90 Å². The summed E-state index contributed by atoms with van der Waals surface area (Å²) < 4.78 is 51.5. The molecule has 1 atom stereocenters. The number of hydrogen-bond donors (Lipinski definition) is 2. The first-order chi connectivity index (χ1) is 7.91. The molecule has 0 fully saturated rings. The molecule has 5 nitrogen and oxygen atoms in total. The lowest BCUT2D eigenvalue weighted by molar-refractivity contribution is 0.484. The molecule has 0 saturated carbocycles. The van der Waals surface area contributed by atoms with Crippen molar-refractivity contribution in [3.63, 3.8) is 0 Å². The van der Waals surface area contributed by atoms with Crippen molar-refractivity contribution < 1.29 is 21.7 Å². The molecule has 2 aromatic carbocycles. The fourth-order valence-corrected chi connectivity index (χ4v) is 2.87. The van der Waals surface area contributed by atoms with Gasteiger partial charge in [-0.05, 0) is 12.1 Å². The minimum atomic E-state index is -4.35. The predicted molar refractivity (Wildman–Crippen MR) is 62.8 cm³/mol. The fourth-order valence-electron chi connectivity index (χ4n) is 1.62. The van der Waals surface area contributed by atoms with Gasteiger partial charge in [-0.3, -0.25) is 4.55 Å². The predicted octanol–water partition coefficient (Wildman–Crippen LogP) is 1.67. The van der Waals surface area contributed by atoms with Crippen LogP contribution in [0.3, 0.4) is 0 Å². The lowest BCUT2D eigenvalue weighted by Crippen LogP contribution is -2.01. The summed E-state index contributed by atoms with van der Waals surface area (Å²) in [6.07, 6.45) is 0. The van der Waals surface area contributed by atoms with Crippen LogP contribution in [0.15, 0.2) is 46.2 Å². The van der Waals surface area contributed by atoms with Gasteiger partial charge in [0.1, 0.15) is 4.90 Å². The Hall–Kier alpha value is -1.28. The first kappa shape index (κ1) is 12.2. The molecule has 0 saturated heterocycles. The Bertz CT molecular complexity index is 706. The van der Waals surface area contributed by atoms with Gasteiger partial charge in [0, 0.05) is 10.8 Å². The molecule has 0 aliphatic carbocycles. The van der Waals surface area contributed by atoms with Crippen LogP contribution in [-0.2, 0) is 21.2 Å². The van der Waals surface area contributed by atoms with Gasteiger partial charge in [-0.15, -0.1) is 0 Å². The second kappa shape index (κ2) is 4.19. The Labute approximate surface area is 100 Å². The van der Waals surface area contributed by atoms with Crippen molar-refractivity contribution in [1.29, 1.82) is 0 Å². The lowest BCUT2D eigenvalue weighted by Gasteiger charge is -2.06. The maximum Gasteiger partial charge on any atom is 0.295 e. The lowest BCUT2D eigenvalue weighted by atomic mass is 10.1.